The molecular weight excluding hydrogens is 336 g/mol. The third-order valence-electron chi connectivity index (χ3n) is 3.00. The van der Waals surface area contributed by atoms with Crippen LogP contribution in [0.1, 0.15) is 17.8 Å². The van der Waals surface area contributed by atoms with Crippen molar-refractivity contribution in [2.45, 2.75) is 13.0 Å². The van der Waals surface area contributed by atoms with Crippen molar-refractivity contribution < 1.29 is 4.42 Å². The summed E-state index contributed by atoms with van der Waals surface area (Å²) in [6, 6.07) is 10.6. The fourth-order valence-electron chi connectivity index (χ4n) is 1.97. The average molecular weight is 349 g/mol. The van der Waals surface area contributed by atoms with Crippen molar-refractivity contribution in [2.24, 2.45) is 0 Å². The molecule has 0 bridgehead atoms. The predicted molar refractivity (Wildman–Crippen MR) is 86.0 cm³/mol. The molecule has 1 unspecified atom stereocenters. The zero-order chi connectivity index (χ0) is 13.9. The van der Waals surface area contributed by atoms with Crippen LogP contribution in [0.4, 0.5) is 5.69 Å². The molecule has 3 rings (SSSR count). The highest BCUT2D eigenvalue weighted by molar-refractivity contribution is 9.10. The van der Waals surface area contributed by atoms with Gasteiger partial charge in [-0.2, -0.15) is 0 Å². The number of anilines is 1. The van der Waals surface area contributed by atoms with Crippen molar-refractivity contribution in [2.75, 3.05) is 5.32 Å². The Kier molecular flexibility index (Phi) is 3.89. The van der Waals surface area contributed by atoms with E-state index in [1.165, 1.54) is 11.3 Å². The zero-order valence-electron chi connectivity index (χ0n) is 10.8. The molecule has 0 aliphatic rings. The molecule has 2 heterocycles. The van der Waals surface area contributed by atoms with E-state index in [9.17, 15) is 0 Å². The number of nitrogens with one attached hydrogen (secondary N) is 1. The van der Waals surface area contributed by atoms with Gasteiger partial charge in [0.25, 0.3) is 0 Å². The van der Waals surface area contributed by atoms with Crippen molar-refractivity contribution in [3.05, 3.63) is 57.7 Å². The molecule has 0 radical (unpaired) electrons. The molecule has 0 fully saturated rings. The Labute approximate surface area is 129 Å². The third kappa shape index (κ3) is 2.94. The Bertz CT molecular complexity index is 676. The molecule has 20 heavy (non-hydrogen) atoms. The summed E-state index contributed by atoms with van der Waals surface area (Å²) in [4.78, 5) is 5.23. The number of rotatable bonds is 4. The molecule has 0 saturated heterocycles. The van der Waals surface area contributed by atoms with Gasteiger partial charge in [-0.3, -0.25) is 0 Å². The van der Waals surface area contributed by atoms with E-state index < -0.39 is 0 Å². The number of benzene rings is 1. The lowest BCUT2D eigenvalue weighted by atomic mass is 10.1. The highest BCUT2D eigenvalue weighted by atomic mass is 79.9. The Morgan fingerprint density at radius 3 is 2.70 bits per heavy atom. The fraction of sp³-hybridized carbons (Fsp3) is 0.133. The molecule has 102 valence electrons. The summed E-state index contributed by atoms with van der Waals surface area (Å²) in [6.07, 6.45) is 3.16. The van der Waals surface area contributed by atoms with E-state index in [1.54, 1.807) is 17.5 Å². The minimum Gasteiger partial charge on any atom is -0.444 e. The molecule has 0 aliphatic heterocycles. The average Bonchev–Trinajstić information content (AvgIpc) is 3.10. The van der Waals surface area contributed by atoms with Gasteiger partial charge < -0.3 is 9.73 Å². The minimum atomic E-state index is 0.280. The highest BCUT2D eigenvalue weighted by Crippen LogP contribution is 2.28. The van der Waals surface area contributed by atoms with Crippen LogP contribution >= 0.6 is 27.3 Å². The Balaban J connectivity index is 1.72. The summed E-state index contributed by atoms with van der Waals surface area (Å²) in [5.41, 5.74) is 2.12. The molecule has 0 amide bonds. The van der Waals surface area contributed by atoms with Gasteiger partial charge in [-0.25, -0.2) is 4.98 Å². The number of hydrogen-bond acceptors (Lipinski definition) is 4. The summed E-state index contributed by atoms with van der Waals surface area (Å²) in [5, 5.41) is 5.59. The van der Waals surface area contributed by atoms with Crippen LogP contribution in [0.5, 0.6) is 0 Å². The van der Waals surface area contributed by atoms with E-state index in [0.29, 0.717) is 0 Å². The highest BCUT2D eigenvalue weighted by Gasteiger charge is 2.08. The molecular formula is C15H13BrN2OS. The first-order chi connectivity index (χ1) is 9.72. The van der Waals surface area contributed by atoms with Gasteiger partial charge in [0.2, 0.25) is 0 Å². The zero-order valence-corrected chi connectivity index (χ0v) is 13.2. The first-order valence-electron chi connectivity index (χ1n) is 6.22. The van der Waals surface area contributed by atoms with Crippen LogP contribution in [0.15, 0.2) is 57.2 Å². The Hall–Kier alpha value is -1.59. The van der Waals surface area contributed by atoms with Gasteiger partial charge >= 0.3 is 0 Å². The molecule has 1 aromatic carbocycles. The number of hydrogen-bond donors (Lipinski definition) is 1. The quantitative estimate of drug-likeness (QED) is 0.691. The van der Waals surface area contributed by atoms with Crippen LogP contribution in [0, 0.1) is 0 Å². The second-order valence-electron chi connectivity index (χ2n) is 4.48. The van der Waals surface area contributed by atoms with Crippen molar-refractivity contribution in [3.8, 4) is 11.3 Å². The van der Waals surface area contributed by atoms with Crippen LogP contribution in [0.2, 0.25) is 0 Å². The van der Waals surface area contributed by atoms with Gasteiger partial charge in [0.1, 0.15) is 0 Å². The van der Waals surface area contributed by atoms with Crippen molar-refractivity contribution in [1.82, 2.24) is 4.98 Å². The van der Waals surface area contributed by atoms with Crippen molar-refractivity contribution >= 4 is 33.0 Å². The number of halogens is 1. The van der Waals surface area contributed by atoms with Crippen LogP contribution in [-0.4, -0.2) is 4.98 Å². The lowest BCUT2D eigenvalue weighted by molar-refractivity contribution is 0.572. The smallest absolute Gasteiger partial charge is 0.181 e. The molecule has 2 aromatic heterocycles. The molecule has 3 aromatic rings. The van der Waals surface area contributed by atoms with Gasteiger partial charge in [-0.1, -0.05) is 0 Å². The summed E-state index contributed by atoms with van der Waals surface area (Å²) in [7, 11) is 0. The lowest BCUT2D eigenvalue weighted by Crippen LogP contribution is -2.04. The maximum absolute atomic E-state index is 5.28. The van der Waals surface area contributed by atoms with Crippen molar-refractivity contribution in [1.29, 1.82) is 0 Å². The number of nitrogens with zero attached hydrogens (tertiary/aromatic N) is 1. The van der Waals surface area contributed by atoms with E-state index >= 15 is 0 Å². The number of thiophene rings is 1. The largest absolute Gasteiger partial charge is 0.444 e. The maximum atomic E-state index is 5.28. The molecule has 3 nitrogen and oxygen atoms in total. The first-order valence-corrected chi connectivity index (χ1v) is 7.89. The maximum Gasteiger partial charge on any atom is 0.181 e. The molecule has 0 saturated carbocycles. The summed E-state index contributed by atoms with van der Waals surface area (Å²) in [6.45, 7) is 2.16. The van der Waals surface area contributed by atoms with Gasteiger partial charge in [-0.05, 0) is 53.2 Å². The SMILES string of the molecule is CC(Nc1ccc(-c2cnco2)cc1)c1cc(Br)cs1. The summed E-state index contributed by atoms with van der Waals surface area (Å²) < 4.78 is 6.41. The van der Waals surface area contributed by atoms with Gasteiger partial charge in [0.05, 0.1) is 12.2 Å². The number of aromatic nitrogens is 1. The molecule has 1 atom stereocenters. The molecule has 0 aliphatic carbocycles. The van der Waals surface area contributed by atoms with Crippen LogP contribution in [0.3, 0.4) is 0 Å². The van der Waals surface area contributed by atoms with E-state index in [0.717, 1.165) is 21.5 Å². The summed E-state index contributed by atoms with van der Waals surface area (Å²) >= 11 is 5.23. The Morgan fingerprint density at radius 2 is 2.10 bits per heavy atom. The topological polar surface area (TPSA) is 38.1 Å². The van der Waals surface area contributed by atoms with E-state index in [1.807, 2.05) is 12.1 Å². The molecule has 0 spiro atoms. The van der Waals surface area contributed by atoms with Crippen LogP contribution < -0.4 is 5.32 Å². The normalized spacial score (nSPS) is 12.3. The fourth-order valence-corrected chi connectivity index (χ4v) is 3.42. The first kappa shape index (κ1) is 13.4. The molecule has 1 N–H and O–H groups in total. The van der Waals surface area contributed by atoms with Gasteiger partial charge in [0.15, 0.2) is 12.2 Å². The summed E-state index contributed by atoms with van der Waals surface area (Å²) in [5.74, 6) is 0.784. The minimum absolute atomic E-state index is 0.280. The van der Waals surface area contributed by atoms with Gasteiger partial charge in [0, 0.05) is 26.0 Å². The monoisotopic (exact) mass is 348 g/mol. The second kappa shape index (κ2) is 5.81. The van der Waals surface area contributed by atoms with Crippen LogP contribution in [0.25, 0.3) is 11.3 Å². The Morgan fingerprint density at radius 1 is 1.30 bits per heavy atom. The van der Waals surface area contributed by atoms with Crippen molar-refractivity contribution in [3.63, 3.8) is 0 Å². The van der Waals surface area contributed by atoms with E-state index in [2.05, 4.69) is 56.7 Å². The van der Waals surface area contributed by atoms with E-state index in [4.69, 9.17) is 4.42 Å². The third-order valence-corrected chi connectivity index (χ3v) is 4.88. The second-order valence-corrected chi connectivity index (χ2v) is 6.33. The van der Waals surface area contributed by atoms with Crippen LogP contribution in [-0.2, 0) is 0 Å². The predicted octanol–water partition coefficient (Wildman–Crippen LogP) is 5.34. The van der Waals surface area contributed by atoms with Gasteiger partial charge in [-0.15, -0.1) is 11.3 Å². The van der Waals surface area contributed by atoms with E-state index in [-0.39, 0.29) is 6.04 Å². The number of oxazole rings is 1. The lowest BCUT2D eigenvalue weighted by Gasteiger charge is -2.13. The molecule has 5 heteroatoms. The standard InChI is InChI=1S/C15H13BrN2OS/c1-10(15-6-12(16)8-20-15)18-13-4-2-11(3-5-13)14-7-17-9-19-14/h2-10,18H,1H3.